The molecule has 9 heteroatoms. The van der Waals surface area contributed by atoms with Crippen molar-refractivity contribution in [3.05, 3.63) is 130 Å². The van der Waals surface area contributed by atoms with Gasteiger partial charge in [0.1, 0.15) is 5.60 Å². The Morgan fingerprint density at radius 3 is 2.18 bits per heavy atom. The summed E-state index contributed by atoms with van der Waals surface area (Å²) in [4.78, 5) is 26.1. The highest BCUT2D eigenvalue weighted by molar-refractivity contribution is 9.10. The second kappa shape index (κ2) is 14.9. The normalized spacial score (nSPS) is 13.3. The van der Waals surface area contributed by atoms with E-state index in [-0.39, 0.29) is 0 Å². The highest BCUT2D eigenvalue weighted by Crippen LogP contribution is 2.49. The van der Waals surface area contributed by atoms with Crippen molar-refractivity contribution in [2.75, 3.05) is 27.7 Å². The second-order valence-electron chi connectivity index (χ2n) is 10.8. The number of methoxy groups -OCH3 is 1. The third-order valence-corrected chi connectivity index (χ3v) is 7.94. The molecule has 5 rings (SSSR count). The van der Waals surface area contributed by atoms with Crippen LogP contribution in [0.4, 0.5) is 0 Å². The third kappa shape index (κ3) is 8.13. The van der Waals surface area contributed by atoms with Crippen molar-refractivity contribution in [1.82, 2.24) is 9.88 Å². The molecule has 45 heavy (non-hydrogen) atoms. The summed E-state index contributed by atoms with van der Waals surface area (Å²) in [5.74, 6) is -2.42. The molecular weight excluding hydrogens is 636 g/mol. The van der Waals surface area contributed by atoms with Gasteiger partial charge in [0.05, 0.1) is 12.6 Å². The molecule has 1 aromatic heterocycles. The molecule has 0 saturated heterocycles. The first-order valence-electron chi connectivity index (χ1n) is 14.2. The lowest BCUT2D eigenvalue weighted by atomic mass is 9.70. The Bertz CT molecular complexity index is 1800. The van der Waals surface area contributed by atoms with Gasteiger partial charge in [-0.2, -0.15) is 0 Å². The van der Waals surface area contributed by atoms with E-state index in [0.29, 0.717) is 31.0 Å². The van der Waals surface area contributed by atoms with Gasteiger partial charge in [-0.1, -0.05) is 88.7 Å². The van der Waals surface area contributed by atoms with Crippen LogP contribution in [0.2, 0.25) is 0 Å². The zero-order valence-electron chi connectivity index (χ0n) is 25.2. The van der Waals surface area contributed by atoms with Crippen LogP contribution in [0.25, 0.3) is 21.7 Å². The number of carbonyl (C=O) groups is 2. The molecule has 0 spiro atoms. The molecular formula is C36H35BrN2O6. The Balaban J connectivity index is 0.000000510. The van der Waals surface area contributed by atoms with Crippen LogP contribution in [0.3, 0.4) is 0 Å². The molecule has 5 aromatic rings. The van der Waals surface area contributed by atoms with E-state index in [0.717, 1.165) is 42.8 Å². The summed E-state index contributed by atoms with van der Waals surface area (Å²) in [5, 5.41) is 31.8. The number of rotatable bonds is 10. The van der Waals surface area contributed by atoms with Crippen molar-refractivity contribution < 1.29 is 29.6 Å². The van der Waals surface area contributed by atoms with Gasteiger partial charge in [-0.25, -0.2) is 14.6 Å². The lowest BCUT2D eigenvalue weighted by molar-refractivity contribution is -0.134. The van der Waals surface area contributed by atoms with Gasteiger partial charge in [0.15, 0.2) is 0 Å². The molecule has 0 bridgehead atoms. The number of carboxylic acid groups (broad SMARTS) is 2. The summed E-state index contributed by atoms with van der Waals surface area (Å²) >= 11 is 3.60. The average Bonchev–Trinajstić information content (AvgIpc) is 3.03. The number of hydrogen-bond acceptors (Lipinski definition) is 6. The quantitative estimate of drug-likeness (QED) is 0.138. The van der Waals surface area contributed by atoms with E-state index in [1.165, 1.54) is 0 Å². The van der Waals surface area contributed by atoms with E-state index in [1.807, 2.05) is 62.6 Å². The summed E-state index contributed by atoms with van der Waals surface area (Å²) in [6.07, 6.45) is 1.64. The Kier molecular flexibility index (Phi) is 11.1. The standard InChI is InChI=1S/C32H31BrN2O2.C4H4O4/c1-35(2)19-18-32(36,28-15-9-13-22-10-7-8-14-26(22)28)30(23-11-5-4-6-12-23)27-21-24-20-25(33)16-17-29(24)34-31(27)37-3;5-3(6)1-2-4(7)8/h4-17,20-21,30,36H,18-19H2,1-3H3;1-2H,(H,5,6)(H,7,8)/b;2-1+/t30?,32-;/m0./s1. The maximum atomic E-state index is 13.0. The van der Waals surface area contributed by atoms with E-state index in [4.69, 9.17) is 19.9 Å². The summed E-state index contributed by atoms with van der Waals surface area (Å²) in [6.45, 7) is 0.706. The van der Waals surface area contributed by atoms with E-state index in [2.05, 4.69) is 69.4 Å². The first-order chi connectivity index (χ1) is 21.5. The molecule has 0 saturated carbocycles. The predicted molar refractivity (Wildman–Crippen MR) is 180 cm³/mol. The van der Waals surface area contributed by atoms with E-state index >= 15 is 0 Å². The van der Waals surface area contributed by atoms with Crippen molar-refractivity contribution >= 4 is 49.5 Å². The summed E-state index contributed by atoms with van der Waals surface area (Å²) in [7, 11) is 5.73. The zero-order valence-corrected chi connectivity index (χ0v) is 26.8. The predicted octanol–water partition coefficient (Wildman–Crippen LogP) is 6.84. The molecule has 0 aliphatic carbocycles. The lowest BCUT2D eigenvalue weighted by Gasteiger charge is -2.39. The van der Waals surface area contributed by atoms with Gasteiger partial charge in [0.2, 0.25) is 5.88 Å². The van der Waals surface area contributed by atoms with Crippen molar-refractivity contribution in [1.29, 1.82) is 0 Å². The topological polar surface area (TPSA) is 120 Å². The van der Waals surface area contributed by atoms with Gasteiger partial charge in [-0.05, 0) is 66.7 Å². The number of ether oxygens (including phenoxy) is 1. The minimum atomic E-state index is -1.26. The SMILES string of the molecule is COc1nc2ccc(Br)cc2cc1C(c1ccccc1)[C@](O)(CCN(C)C)c1cccc2ccccc12.O=C(O)/C=C/C(=O)O. The number of aromatic nitrogens is 1. The maximum Gasteiger partial charge on any atom is 0.328 e. The largest absolute Gasteiger partial charge is 0.481 e. The Morgan fingerprint density at radius 1 is 0.889 bits per heavy atom. The number of benzene rings is 4. The molecule has 1 unspecified atom stereocenters. The number of fused-ring (bicyclic) bond motifs is 2. The van der Waals surface area contributed by atoms with Crippen LogP contribution in [-0.4, -0.2) is 64.9 Å². The molecule has 232 valence electrons. The van der Waals surface area contributed by atoms with Crippen molar-refractivity contribution in [2.24, 2.45) is 0 Å². The molecule has 0 fully saturated rings. The molecule has 1 heterocycles. The number of hydrogen-bond donors (Lipinski definition) is 3. The van der Waals surface area contributed by atoms with Crippen LogP contribution in [0.15, 0.2) is 114 Å². The maximum absolute atomic E-state index is 13.0. The van der Waals surface area contributed by atoms with E-state index in [1.54, 1.807) is 7.11 Å². The van der Waals surface area contributed by atoms with Crippen molar-refractivity contribution in [2.45, 2.75) is 17.9 Å². The minimum Gasteiger partial charge on any atom is -0.481 e. The van der Waals surface area contributed by atoms with E-state index in [9.17, 15) is 14.7 Å². The van der Waals surface area contributed by atoms with Crippen LogP contribution in [0, 0.1) is 0 Å². The molecule has 0 radical (unpaired) electrons. The van der Waals surface area contributed by atoms with Crippen molar-refractivity contribution in [3.63, 3.8) is 0 Å². The Labute approximate surface area is 270 Å². The number of aliphatic hydroxyl groups is 1. The molecule has 0 aliphatic rings. The lowest BCUT2D eigenvalue weighted by Crippen LogP contribution is -2.38. The Hall–Kier alpha value is -4.57. The summed E-state index contributed by atoms with van der Waals surface area (Å²) in [5.41, 5.74) is 2.36. The van der Waals surface area contributed by atoms with Gasteiger partial charge < -0.3 is 25.0 Å². The van der Waals surface area contributed by atoms with Gasteiger partial charge in [0.25, 0.3) is 0 Å². The molecule has 0 aliphatic heterocycles. The van der Waals surface area contributed by atoms with Crippen LogP contribution < -0.4 is 4.74 Å². The Morgan fingerprint density at radius 2 is 1.53 bits per heavy atom. The number of carboxylic acids is 2. The minimum absolute atomic E-state index is 0.426. The number of nitrogens with zero attached hydrogens (tertiary/aromatic N) is 2. The molecule has 2 atom stereocenters. The van der Waals surface area contributed by atoms with E-state index < -0.39 is 23.5 Å². The summed E-state index contributed by atoms with van der Waals surface area (Å²) < 4.78 is 6.86. The van der Waals surface area contributed by atoms with Crippen molar-refractivity contribution in [3.8, 4) is 5.88 Å². The van der Waals surface area contributed by atoms with Crippen LogP contribution in [0.1, 0.15) is 29.0 Å². The highest BCUT2D eigenvalue weighted by Gasteiger charge is 2.43. The molecule has 4 aromatic carbocycles. The van der Waals surface area contributed by atoms with Gasteiger partial charge in [-0.3, -0.25) is 0 Å². The highest BCUT2D eigenvalue weighted by atomic mass is 79.9. The molecule has 0 amide bonds. The number of halogens is 1. The van der Waals surface area contributed by atoms with Gasteiger partial charge >= 0.3 is 11.9 Å². The van der Waals surface area contributed by atoms with Crippen LogP contribution in [0.5, 0.6) is 5.88 Å². The van der Waals surface area contributed by atoms with Gasteiger partial charge in [0, 0.05) is 40.0 Å². The number of pyridine rings is 1. The smallest absolute Gasteiger partial charge is 0.328 e. The number of aliphatic carboxylic acids is 2. The van der Waals surface area contributed by atoms with Crippen LogP contribution >= 0.6 is 15.9 Å². The molecule has 3 N–H and O–H groups in total. The van der Waals surface area contributed by atoms with Gasteiger partial charge in [-0.15, -0.1) is 0 Å². The zero-order chi connectivity index (χ0) is 32.6. The van der Waals surface area contributed by atoms with Crippen LogP contribution in [-0.2, 0) is 15.2 Å². The second-order valence-corrected chi connectivity index (χ2v) is 11.7. The fourth-order valence-corrected chi connectivity index (χ4v) is 5.83. The fourth-order valence-electron chi connectivity index (χ4n) is 5.45. The third-order valence-electron chi connectivity index (χ3n) is 7.45. The fraction of sp³-hybridized carbons (Fsp3) is 0.194. The average molecular weight is 672 g/mol. The monoisotopic (exact) mass is 670 g/mol. The summed E-state index contributed by atoms with van der Waals surface area (Å²) in [6, 6.07) is 32.8. The first kappa shape index (κ1) is 33.3. The first-order valence-corrected chi connectivity index (χ1v) is 15.0. The molecule has 8 nitrogen and oxygen atoms in total.